The van der Waals surface area contributed by atoms with Gasteiger partial charge in [0.25, 0.3) is 21.6 Å². The molecule has 3 rings (SSSR count). The van der Waals surface area contributed by atoms with Crippen LogP contribution in [0.15, 0.2) is 83.8 Å². The fraction of sp³-hybridized carbons (Fsp3) is 0.0952. The molecule has 0 atom stereocenters. The van der Waals surface area contributed by atoms with Crippen molar-refractivity contribution in [3.8, 4) is 5.75 Å². The van der Waals surface area contributed by atoms with Crippen LogP contribution in [0.5, 0.6) is 5.75 Å². The topological polar surface area (TPSA) is 119 Å². The number of anilines is 2. The quantitative estimate of drug-likeness (QED) is 0.422. The van der Waals surface area contributed by atoms with E-state index < -0.39 is 25.5 Å². The zero-order valence-electron chi connectivity index (χ0n) is 16.5. The lowest BCUT2D eigenvalue weighted by Gasteiger charge is -2.19. The van der Waals surface area contributed by atoms with Gasteiger partial charge in [-0.05, 0) is 42.5 Å². The van der Waals surface area contributed by atoms with E-state index in [1.807, 2.05) is 6.07 Å². The van der Waals surface area contributed by atoms with Crippen LogP contribution in [-0.2, 0) is 14.8 Å². The minimum atomic E-state index is -4.15. The average Bonchev–Trinajstić information content (AvgIpc) is 2.78. The van der Waals surface area contributed by atoms with Crippen molar-refractivity contribution >= 4 is 33.0 Å². The Labute approximate surface area is 179 Å². The Morgan fingerprint density at radius 3 is 2.26 bits per heavy atom. The molecular formula is C21H19N3O6S. The number of nitro groups is 1. The first-order valence-corrected chi connectivity index (χ1v) is 10.5. The predicted octanol–water partition coefficient (Wildman–Crippen LogP) is 3.44. The number of para-hydroxylation sites is 2. The molecule has 0 bridgehead atoms. The summed E-state index contributed by atoms with van der Waals surface area (Å²) in [6.45, 7) is -0.224. The van der Waals surface area contributed by atoms with Gasteiger partial charge in [0.05, 0.1) is 10.6 Å². The van der Waals surface area contributed by atoms with Crippen LogP contribution in [0.25, 0.3) is 0 Å². The van der Waals surface area contributed by atoms with Crippen LogP contribution < -0.4 is 14.4 Å². The fourth-order valence-corrected chi connectivity index (χ4v) is 4.08. The molecule has 0 aliphatic rings. The van der Waals surface area contributed by atoms with E-state index in [1.165, 1.54) is 49.5 Å². The Bertz CT molecular complexity index is 1180. The smallest absolute Gasteiger partial charge is 0.289 e. The van der Waals surface area contributed by atoms with Crippen LogP contribution in [0.2, 0.25) is 0 Å². The number of benzene rings is 3. The summed E-state index contributed by atoms with van der Waals surface area (Å²) in [5, 5.41) is 13.9. The molecule has 0 fully saturated rings. The number of sulfonamides is 1. The van der Waals surface area contributed by atoms with Crippen molar-refractivity contribution in [3.63, 3.8) is 0 Å². The van der Waals surface area contributed by atoms with Crippen molar-refractivity contribution < 1.29 is 22.9 Å². The van der Waals surface area contributed by atoms with E-state index in [0.717, 1.165) is 10.4 Å². The highest BCUT2D eigenvalue weighted by Gasteiger charge is 2.29. The first-order valence-electron chi connectivity index (χ1n) is 9.09. The molecule has 3 aromatic rings. The number of hydrogen-bond donors (Lipinski definition) is 1. The molecule has 0 unspecified atom stereocenters. The number of carbonyl (C=O) groups is 1. The molecule has 0 radical (unpaired) electrons. The minimum Gasteiger partial charge on any atom is -0.484 e. The highest BCUT2D eigenvalue weighted by atomic mass is 32.2. The highest BCUT2D eigenvalue weighted by molar-refractivity contribution is 7.93. The van der Waals surface area contributed by atoms with E-state index in [2.05, 4.69) is 5.32 Å². The second-order valence-electron chi connectivity index (χ2n) is 6.39. The molecule has 10 heteroatoms. The Morgan fingerprint density at radius 2 is 1.61 bits per heavy atom. The summed E-state index contributed by atoms with van der Waals surface area (Å²) < 4.78 is 32.1. The van der Waals surface area contributed by atoms with Gasteiger partial charge in [-0.3, -0.25) is 19.2 Å². The molecule has 0 heterocycles. The summed E-state index contributed by atoms with van der Waals surface area (Å²) in [4.78, 5) is 22.0. The molecule has 9 nitrogen and oxygen atoms in total. The van der Waals surface area contributed by atoms with Crippen molar-refractivity contribution in [1.29, 1.82) is 0 Å². The summed E-state index contributed by atoms with van der Waals surface area (Å²) >= 11 is 0. The lowest BCUT2D eigenvalue weighted by atomic mass is 10.3. The van der Waals surface area contributed by atoms with Gasteiger partial charge in [0, 0.05) is 18.8 Å². The van der Waals surface area contributed by atoms with Crippen LogP contribution in [-0.4, -0.2) is 32.9 Å². The fourth-order valence-electron chi connectivity index (χ4n) is 2.73. The molecule has 0 saturated carbocycles. The number of carbonyl (C=O) groups excluding carboxylic acids is 1. The molecule has 0 spiro atoms. The van der Waals surface area contributed by atoms with Crippen molar-refractivity contribution in [1.82, 2.24) is 0 Å². The lowest BCUT2D eigenvalue weighted by Crippen LogP contribution is -2.27. The Morgan fingerprint density at radius 1 is 1.00 bits per heavy atom. The first-order chi connectivity index (χ1) is 14.8. The van der Waals surface area contributed by atoms with Gasteiger partial charge in [-0.25, -0.2) is 8.42 Å². The van der Waals surface area contributed by atoms with Gasteiger partial charge in [-0.1, -0.05) is 30.3 Å². The normalized spacial score (nSPS) is 10.9. The van der Waals surface area contributed by atoms with Crippen molar-refractivity contribution in [3.05, 3.63) is 89.0 Å². The van der Waals surface area contributed by atoms with Gasteiger partial charge in [0.1, 0.15) is 5.75 Å². The maximum atomic E-state index is 12.9. The third kappa shape index (κ3) is 5.17. The zero-order chi connectivity index (χ0) is 22.4. The van der Waals surface area contributed by atoms with E-state index in [9.17, 15) is 23.3 Å². The zero-order valence-corrected chi connectivity index (χ0v) is 17.3. The second-order valence-corrected chi connectivity index (χ2v) is 8.33. The van der Waals surface area contributed by atoms with Crippen molar-refractivity contribution in [2.45, 2.75) is 4.90 Å². The maximum Gasteiger partial charge on any atom is 0.289 e. The number of nitro benzene ring substituents is 1. The number of ether oxygens (including phenoxy) is 1. The van der Waals surface area contributed by atoms with Crippen LogP contribution in [0.4, 0.5) is 17.1 Å². The van der Waals surface area contributed by atoms with Crippen LogP contribution in [0.1, 0.15) is 0 Å². The van der Waals surface area contributed by atoms with Crippen LogP contribution in [0.3, 0.4) is 0 Å². The summed E-state index contributed by atoms with van der Waals surface area (Å²) in [5.74, 6) is 0.0230. The molecule has 1 amide bonds. The van der Waals surface area contributed by atoms with Gasteiger partial charge < -0.3 is 10.1 Å². The average molecular weight is 441 g/mol. The number of amides is 1. The molecule has 31 heavy (non-hydrogen) atoms. The summed E-state index contributed by atoms with van der Waals surface area (Å²) in [6.07, 6.45) is 0. The van der Waals surface area contributed by atoms with E-state index in [1.54, 1.807) is 24.3 Å². The monoisotopic (exact) mass is 441 g/mol. The first kappa shape index (κ1) is 21.8. The molecule has 0 aliphatic carbocycles. The van der Waals surface area contributed by atoms with Gasteiger partial charge in [0.2, 0.25) is 0 Å². The van der Waals surface area contributed by atoms with Gasteiger partial charge in [-0.15, -0.1) is 0 Å². The number of rotatable bonds is 8. The van der Waals surface area contributed by atoms with Gasteiger partial charge >= 0.3 is 0 Å². The predicted molar refractivity (Wildman–Crippen MR) is 116 cm³/mol. The minimum absolute atomic E-state index is 0.224. The number of nitrogens with zero attached hydrogens (tertiary/aromatic N) is 2. The van der Waals surface area contributed by atoms with E-state index in [0.29, 0.717) is 11.4 Å². The molecule has 160 valence electrons. The molecule has 0 saturated heterocycles. The molecule has 3 aromatic carbocycles. The van der Waals surface area contributed by atoms with Crippen LogP contribution in [0, 0.1) is 10.1 Å². The highest BCUT2D eigenvalue weighted by Crippen LogP contribution is 2.29. The third-order valence-electron chi connectivity index (χ3n) is 4.33. The maximum absolute atomic E-state index is 12.9. The second kappa shape index (κ2) is 9.26. The van der Waals surface area contributed by atoms with Crippen LogP contribution >= 0.6 is 0 Å². The Hall–Kier alpha value is -3.92. The number of nitrogens with one attached hydrogen (secondary N) is 1. The van der Waals surface area contributed by atoms with Crippen molar-refractivity contribution in [2.24, 2.45) is 0 Å². The van der Waals surface area contributed by atoms with Gasteiger partial charge in [-0.2, -0.15) is 0 Å². The Balaban J connectivity index is 1.68. The Kier molecular flexibility index (Phi) is 6.51. The largest absolute Gasteiger partial charge is 0.484 e. The molecular weight excluding hydrogens is 422 g/mol. The SMILES string of the molecule is CN(c1ccc(OCC(=O)Nc2ccccc2)cc1)S(=O)(=O)c1ccccc1[N+](=O)[O-]. The van der Waals surface area contributed by atoms with E-state index >= 15 is 0 Å². The summed E-state index contributed by atoms with van der Waals surface area (Å²) in [6, 6.07) is 20.1. The van der Waals surface area contributed by atoms with Gasteiger partial charge in [0.15, 0.2) is 11.5 Å². The standard InChI is InChI=1S/C21H19N3O6S/c1-23(31(28,29)20-10-6-5-9-19(20)24(26)27)17-11-13-18(14-12-17)30-15-21(25)22-16-7-3-2-4-8-16/h2-14H,15H2,1H3,(H,22,25). The third-order valence-corrected chi connectivity index (χ3v) is 6.16. The summed E-state index contributed by atoms with van der Waals surface area (Å²) in [7, 11) is -2.85. The lowest BCUT2D eigenvalue weighted by molar-refractivity contribution is -0.387. The molecule has 1 N–H and O–H groups in total. The molecule has 0 aromatic heterocycles. The molecule has 0 aliphatic heterocycles. The number of hydrogen-bond acceptors (Lipinski definition) is 6. The summed E-state index contributed by atoms with van der Waals surface area (Å²) in [5.41, 5.74) is 0.422. The van der Waals surface area contributed by atoms with E-state index in [-0.39, 0.29) is 18.2 Å². The van der Waals surface area contributed by atoms with Crippen molar-refractivity contribution in [2.75, 3.05) is 23.3 Å². The van der Waals surface area contributed by atoms with E-state index in [4.69, 9.17) is 4.74 Å².